The molecule has 8 heteroatoms. The molecule has 1 amide bonds. The van der Waals surface area contributed by atoms with Crippen molar-refractivity contribution in [1.82, 2.24) is 0 Å². The minimum absolute atomic E-state index is 0.0504. The van der Waals surface area contributed by atoms with E-state index in [0.717, 1.165) is 0 Å². The molecular formula is C13H13F3N2O3. The quantitative estimate of drug-likeness (QED) is 0.862. The maximum Gasteiger partial charge on any atom is 0.415 e. The number of rotatable bonds is 2. The Morgan fingerprint density at radius 2 is 1.90 bits per heavy atom. The zero-order valence-electron chi connectivity index (χ0n) is 11.0. The molecule has 0 aliphatic carbocycles. The number of para-hydroxylation sites is 1. The van der Waals surface area contributed by atoms with E-state index in [-0.39, 0.29) is 12.1 Å². The summed E-state index contributed by atoms with van der Waals surface area (Å²) in [6.07, 6.45) is -5.03. The van der Waals surface area contributed by atoms with Crippen LogP contribution in [0.15, 0.2) is 24.3 Å². The minimum Gasteiger partial charge on any atom is -0.480 e. The molecule has 1 aliphatic heterocycles. The average Bonchev–Trinajstić information content (AvgIpc) is 2.75. The Hall–Kier alpha value is -2.09. The molecule has 3 N–H and O–H groups in total. The van der Waals surface area contributed by atoms with Gasteiger partial charge in [0.1, 0.15) is 6.04 Å². The lowest BCUT2D eigenvalue weighted by atomic mass is 10.0. The Morgan fingerprint density at radius 1 is 1.33 bits per heavy atom. The summed E-state index contributed by atoms with van der Waals surface area (Å²) in [6, 6.07) is 4.73. The first-order chi connectivity index (χ1) is 9.57. The van der Waals surface area contributed by atoms with Crippen LogP contribution in [-0.2, 0) is 16.0 Å². The molecule has 0 spiro atoms. The fourth-order valence-corrected chi connectivity index (χ4v) is 2.21. The molecular weight excluding hydrogens is 289 g/mol. The van der Waals surface area contributed by atoms with Crippen LogP contribution in [0.25, 0.3) is 0 Å². The Morgan fingerprint density at radius 3 is 2.43 bits per heavy atom. The number of anilines is 1. The van der Waals surface area contributed by atoms with Crippen molar-refractivity contribution in [2.75, 3.05) is 4.90 Å². The lowest BCUT2D eigenvalue weighted by molar-refractivity contribution is -0.186. The van der Waals surface area contributed by atoms with Crippen molar-refractivity contribution in [3.05, 3.63) is 29.8 Å². The lowest BCUT2D eigenvalue weighted by Gasteiger charge is -2.33. The van der Waals surface area contributed by atoms with Gasteiger partial charge >= 0.3 is 12.1 Å². The smallest absolute Gasteiger partial charge is 0.415 e. The number of hydrogen-bond acceptors (Lipinski definition) is 3. The van der Waals surface area contributed by atoms with E-state index in [0.29, 0.717) is 17.4 Å². The van der Waals surface area contributed by atoms with E-state index in [2.05, 4.69) is 0 Å². The molecule has 0 bridgehead atoms. The number of aliphatic carboxylic acids is 1. The Kier molecular flexibility index (Phi) is 3.45. The molecule has 0 saturated carbocycles. The maximum atomic E-state index is 12.9. The van der Waals surface area contributed by atoms with Crippen molar-refractivity contribution in [3.8, 4) is 0 Å². The van der Waals surface area contributed by atoms with Crippen molar-refractivity contribution >= 4 is 17.6 Å². The number of alkyl halides is 3. The molecule has 5 nitrogen and oxygen atoms in total. The van der Waals surface area contributed by atoms with Crippen LogP contribution in [0.2, 0.25) is 0 Å². The van der Waals surface area contributed by atoms with Gasteiger partial charge in [-0.05, 0) is 18.6 Å². The highest BCUT2D eigenvalue weighted by molar-refractivity contribution is 6.06. The molecule has 2 rings (SSSR count). The van der Waals surface area contributed by atoms with Crippen molar-refractivity contribution < 1.29 is 27.9 Å². The monoisotopic (exact) mass is 302 g/mol. The third-order valence-corrected chi connectivity index (χ3v) is 3.51. The van der Waals surface area contributed by atoms with E-state index in [9.17, 15) is 22.8 Å². The first-order valence-electron chi connectivity index (χ1n) is 6.07. The molecule has 1 aliphatic rings. The van der Waals surface area contributed by atoms with Gasteiger partial charge in [-0.3, -0.25) is 9.69 Å². The number of amides is 1. The van der Waals surface area contributed by atoms with E-state index in [1.165, 1.54) is 12.1 Å². The molecule has 2 unspecified atom stereocenters. The van der Waals surface area contributed by atoms with Crippen LogP contribution >= 0.6 is 0 Å². The summed E-state index contributed by atoms with van der Waals surface area (Å²) in [5.74, 6) is -2.86. The second kappa shape index (κ2) is 4.73. The van der Waals surface area contributed by atoms with Crippen molar-refractivity contribution in [1.29, 1.82) is 0 Å². The molecule has 0 aromatic heterocycles. The molecule has 2 atom stereocenters. The summed E-state index contributed by atoms with van der Waals surface area (Å²) in [5, 5.41) is 9.16. The van der Waals surface area contributed by atoms with Gasteiger partial charge in [0.25, 0.3) is 5.91 Å². The number of halogens is 3. The van der Waals surface area contributed by atoms with Crippen LogP contribution in [0.1, 0.15) is 12.5 Å². The van der Waals surface area contributed by atoms with Gasteiger partial charge < -0.3 is 10.8 Å². The fourth-order valence-electron chi connectivity index (χ4n) is 2.21. The molecule has 114 valence electrons. The first kappa shape index (κ1) is 15.3. The number of hydrogen-bond donors (Lipinski definition) is 2. The number of carbonyl (C=O) groups excluding carboxylic acids is 1. The molecule has 1 heterocycles. The number of carboxylic acids is 1. The highest BCUT2D eigenvalue weighted by atomic mass is 19.4. The standard InChI is InChI=1S/C13H13F3N2O3/c1-12(17,13(14,15)16)11(21)18-8-5-3-2-4-7(8)6-9(18)10(19)20/h2-5,9H,6,17H2,1H3,(H,19,20). The number of carbonyl (C=O) groups is 2. The summed E-state index contributed by atoms with van der Waals surface area (Å²) >= 11 is 0. The first-order valence-corrected chi connectivity index (χ1v) is 6.07. The van der Waals surface area contributed by atoms with E-state index in [1.54, 1.807) is 12.1 Å². The van der Waals surface area contributed by atoms with Crippen LogP contribution < -0.4 is 10.6 Å². The number of benzene rings is 1. The Labute approximate surface area is 118 Å². The summed E-state index contributed by atoms with van der Waals surface area (Å²) in [5.41, 5.74) is 2.62. The summed E-state index contributed by atoms with van der Waals surface area (Å²) in [6.45, 7) is 0.537. The van der Waals surface area contributed by atoms with E-state index in [4.69, 9.17) is 10.8 Å². The van der Waals surface area contributed by atoms with E-state index >= 15 is 0 Å². The number of nitrogens with zero attached hydrogens (tertiary/aromatic N) is 1. The van der Waals surface area contributed by atoms with Gasteiger partial charge in [-0.2, -0.15) is 13.2 Å². The van der Waals surface area contributed by atoms with Gasteiger partial charge in [0.2, 0.25) is 0 Å². The molecule has 0 radical (unpaired) electrons. The van der Waals surface area contributed by atoms with Gasteiger partial charge in [-0.15, -0.1) is 0 Å². The van der Waals surface area contributed by atoms with E-state index < -0.39 is 29.6 Å². The van der Waals surface area contributed by atoms with Crippen molar-refractivity contribution in [2.24, 2.45) is 5.73 Å². The van der Waals surface area contributed by atoms with Gasteiger partial charge in [-0.25, -0.2) is 4.79 Å². The summed E-state index contributed by atoms with van der Waals surface area (Å²) < 4.78 is 38.8. The van der Waals surface area contributed by atoms with E-state index in [1.807, 2.05) is 0 Å². The van der Waals surface area contributed by atoms with Crippen LogP contribution in [0.4, 0.5) is 18.9 Å². The highest BCUT2D eigenvalue weighted by Crippen LogP contribution is 2.37. The van der Waals surface area contributed by atoms with Crippen molar-refractivity contribution in [2.45, 2.75) is 31.1 Å². The number of carboxylic acid groups (broad SMARTS) is 1. The minimum atomic E-state index is -4.98. The van der Waals surface area contributed by atoms with Gasteiger partial charge in [0.05, 0.1) is 0 Å². The highest BCUT2D eigenvalue weighted by Gasteiger charge is 2.57. The van der Waals surface area contributed by atoms with Gasteiger partial charge in [0.15, 0.2) is 5.54 Å². The van der Waals surface area contributed by atoms with Crippen molar-refractivity contribution in [3.63, 3.8) is 0 Å². The molecule has 1 aromatic carbocycles. The Balaban J connectivity index is 2.49. The molecule has 1 aromatic rings. The lowest BCUT2D eigenvalue weighted by Crippen LogP contribution is -2.64. The van der Waals surface area contributed by atoms with Gasteiger partial charge in [-0.1, -0.05) is 18.2 Å². The second-order valence-corrected chi connectivity index (χ2v) is 5.06. The third-order valence-electron chi connectivity index (χ3n) is 3.51. The van der Waals surface area contributed by atoms with Crippen LogP contribution in [0.3, 0.4) is 0 Å². The number of nitrogens with two attached hydrogens (primary N) is 1. The zero-order valence-corrected chi connectivity index (χ0v) is 11.0. The van der Waals surface area contributed by atoms with Crippen LogP contribution in [0, 0.1) is 0 Å². The predicted octanol–water partition coefficient (Wildman–Crippen LogP) is 1.31. The van der Waals surface area contributed by atoms with Gasteiger partial charge in [0, 0.05) is 12.1 Å². The largest absolute Gasteiger partial charge is 0.480 e. The average molecular weight is 302 g/mol. The van der Waals surface area contributed by atoms with Crippen LogP contribution in [0.5, 0.6) is 0 Å². The maximum absolute atomic E-state index is 12.9. The SMILES string of the molecule is CC(N)(C(=O)N1c2ccccc2CC1C(=O)O)C(F)(F)F. The molecule has 0 fully saturated rings. The fraction of sp³-hybridized carbons (Fsp3) is 0.385. The predicted molar refractivity (Wildman–Crippen MR) is 67.7 cm³/mol. The Bertz CT molecular complexity index is 599. The molecule has 21 heavy (non-hydrogen) atoms. The molecule has 0 saturated heterocycles. The summed E-state index contributed by atoms with van der Waals surface area (Å²) in [4.78, 5) is 24.1. The second-order valence-electron chi connectivity index (χ2n) is 5.06. The normalized spacial score (nSPS) is 20.8. The third kappa shape index (κ3) is 2.35. The zero-order chi connectivity index (χ0) is 16.0. The number of fused-ring (bicyclic) bond motifs is 1. The van der Waals surface area contributed by atoms with Crippen LogP contribution in [-0.4, -0.2) is 34.7 Å². The topological polar surface area (TPSA) is 83.6 Å². The summed E-state index contributed by atoms with van der Waals surface area (Å²) in [7, 11) is 0.